The number of benzene rings is 3. The molecule has 3 aromatic carbocycles. The molecule has 0 spiro atoms. The van der Waals surface area contributed by atoms with E-state index in [4.69, 9.17) is 11.6 Å². The third-order valence-electron chi connectivity index (χ3n) is 4.60. The van der Waals surface area contributed by atoms with Crippen LogP contribution in [-0.4, -0.2) is 0 Å². The van der Waals surface area contributed by atoms with Crippen LogP contribution in [0.2, 0.25) is 5.02 Å². The molecule has 3 heteroatoms. The van der Waals surface area contributed by atoms with Gasteiger partial charge in [-0.15, -0.1) is 0 Å². The van der Waals surface area contributed by atoms with Gasteiger partial charge in [-0.25, -0.2) is 8.78 Å². The predicted molar refractivity (Wildman–Crippen MR) is 98.6 cm³/mol. The fourth-order valence-electron chi connectivity index (χ4n) is 3.44. The van der Waals surface area contributed by atoms with Crippen molar-refractivity contribution in [2.75, 3.05) is 0 Å². The van der Waals surface area contributed by atoms with Gasteiger partial charge in [-0.05, 0) is 76.6 Å². The van der Waals surface area contributed by atoms with E-state index in [9.17, 15) is 8.78 Å². The molecule has 0 N–H and O–H groups in total. The molecule has 0 bridgehead atoms. The number of halogens is 3. The van der Waals surface area contributed by atoms with Crippen molar-refractivity contribution in [2.24, 2.45) is 0 Å². The number of fused-ring (bicyclic) bond motifs is 2. The lowest BCUT2D eigenvalue weighted by molar-refractivity contribution is 0.596. The van der Waals surface area contributed by atoms with Crippen molar-refractivity contribution in [3.05, 3.63) is 105 Å². The number of rotatable bonds is 1. The maximum Gasteiger partial charge on any atom is 0.127 e. The third-order valence-corrected chi connectivity index (χ3v) is 4.84. The zero-order chi connectivity index (χ0) is 17.4. The summed E-state index contributed by atoms with van der Waals surface area (Å²) in [5.74, 6) is -0.495. The molecule has 1 aliphatic carbocycles. The molecule has 0 nitrogen and oxygen atoms in total. The molecular formula is C22H15ClF2. The quantitative estimate of drug-likeness (QED) is 0.481. The Labute approximate surface area is 150 Å². The Morgan fingerprint density at radius 3 is 1.88 bits per heavy atom. The van der Waals surface area contributed by atoms with Gasteiger partial charge in [0.1, 0.15) is 11.6 Å². The Balaban J connectivity index is 2.01. The van der Waals surface area contributed by atoms with Gasteiger partial charge in [0.25, 0.3) is 0 Å². The molecule has 4 rings (SSSR count). The molecule has 0 saturated heterocycles. The SMILES string of the molecule is Fc1cccc2c1CCc1c(F)cccc1C2=Cc1cccc(Cl)c1. The average molecular weight is 353 g/mol. The van der Waals surface area contributed by atoms with E-state index in [0.29, 0.717) is 29.0 Å². The maximum absolute atomic E-state index is 14.4. The summed E-state index contributed by atoms with van der Waals surface area (Å²) in [5.41, 5.74) is 4.60. The van der Waals surface area contributed by atoms with Crippen LogP contribution in [0.25, 0.3) is 11.6 Å². The molecule has 0 atom stereocenters. The fraction of sp³-hybridized carbons (Fsp3) is 0.0909. The summed E-state index contributed by atoms with van der Waals surface area (Å²) < 4.78 is 28.8. The lowest BCUT2D eigenvalue weighted by Gasteiger charge is -2.13. The molecule has 1 aliphatic rings. The molecule has 124 valence electrons. The summed E-state index contributed by atoms with van der Waals surface area (Å²) in [6.45, 7) is 0. The zero-order valence-electron chi connectivity index (χ0n) is 13.4. The van der Waals surface area contributed by atoms with Crippen LogP contribution < -0.4 is 0 Å². The Morgan fingerprint density at radius 2 is 1.32 bits per heavy atom. The molecule has 0 saturated carbocycles. The Morgan fingerprint density at radius 1 is 0.760 bits per heavy atom. The van der Waals surface area contributed by atoms with Crippen LogP contribution in [0.3, 0.4) is 0 Å². The van der Waals surface area contributed by atoms with Gasteiger partial charge in [0.15, 0.2) is 0 Å². The van der Waals surface area contributed by atoms with Crippen molar-refractivity contribution in [3.8, 4) is 0 Å². The van der Waals surface area contributed by atoms with Crippen LogP contribution in [-0.2, 0) is 12.8 Å². The molecular weight excluding hydrogens is 338 g/mol. The normalized spacial score (nSPS) is 13.0. The van der Waals surface area contributed by atoms with E-state index >= 15 is 0 Å². The highest BCUT2D eigenvalue weighted by atomic mass is 35.5. The Kier molecular flexibility index (Phi) is 4.14. The van der Waals surface area contributed by atoms with Crippen molar-refractivity contribution in [1.29, 1.82) is 0 Å². The van der Waals surface area contributed by atoms with Crippen LogP contribution in [0.15, 0.2) is 60.7 Å². The zero-order valence-corrected chi connectivity index (χ0v) is 14.2. The van der Waals surface area contributed by atoms with Crippen molar-refractivity contribution in [1.82, 2.24) is 0 Å². The van der Waals surface area contributed by atoms with Crippen molar-refractivity contribution in [2.45, 2.75) is 12.8 Å². The summed E-state index contributed by atoms with van der Waals surface area (Å²) in [7, 11) is 0. The smallest absolute Gasteiger partial charge is 0.127 e. The second kappa shape index (κ2) is 6.45. The van der Waals surface area contributed by atoms with Gasteiger partial charge in [-0.3, -0.25) is 0 Å². The van der Waals surface area contributed by atoms with Crippen molar-refractivity contribution < 1.29 is 8.78 Å². The van der Waals surface area contributed by atoms with Gasteiger partial charge in [0.2, 0.25) is 0 Å². The van der Waals surface area contributed by atoms with Crippen LogP contribution in [0.5, 0.6) is 0 Å². The summed E-state index contributed by atoms with van der Waals surface area (Å²) >= 11 is 6.10. The first-order valence-corrected chi connectivity index (χ1v) is 8.54. The minimum absolute atomic E-state index is 0.247. The first kappa shape index (κ1) is 16.0. The number of hydrogen-bond donors (Lipinski definition) is 0. The molecule has 3 aromatic rings. The van der Waals surface area contributed by atoms with Gasteiger partial charge in [-0.2, -0.15) is 0 Å². The average Bonchev–Trinajstić information content (AvgIpc) is 2.75. The highest BCUT2D eigenvalue weighted by Gasteiger charge is 2.22. The standard InChI is InChI=1S/C22H15ClF2/c23-15-5-1-4-14(12-15)13-20-16-6-2-8-21(24)18(16)10-11-19-17(20)7-3-9-22(19)25/h1-9,12-13H,10-11H2. The fourth-order valence-corrected chi connectivity index (χ4v) is 3.64. The molecule has 0 heterocycles. The first-order valence-electron chi connectivity index (χ1n) is 8.16. The lowest BCUT2D eigenvalue weighted by atomic mass is 9.92. The minimum Gasteiger partial charge on any atom is -0.207 e. The van der Waals surface area contributed by atoms with Gasteiger partial charge in [0.05, 0.1) is 0 Å². The van der Waals surface area contributed by atoms with Crippen molar-refractivity contribution in [3.63, 3.8) is 0 Å². The monoisotopic (exact) mass is 352 g/mol. The molecule has 25 heavy (non-hydrogen) atoms. The second-order valence-electron chi connectivity index (χ2n) is 6.14. The Hall–Kier alpha value is -2.45. The van der Waals surface area contributed by atoms with Crippen LogP contribution >= 0.6 is 11.6 Å². The maximum atomic E-state index is 14.4. The van der Waals surface area contributed by atoms with E-state index in [1.54, 1.807) is 18.2 Å². The molecule has 0 aliphatic heterocycles. The highest BCUT2D eigenvalue weighted by molar-refractivity contribution is 6.30. The van der Waals surface area contributed by atoms with E-state index in [1.165, 1.54) is 12.1 Å². The summed E-state index contributed by atoms with van der Waals surface area (Å²) in [4.78, 5) is 0. The first-order chi connectivity index (χ1) is 12.1. The predicted octanol–water partition coefficient (Wildman–Crippen LogP) is 6.31. The largest absolute Gasteiger partial charge is 0.207 e. The van der Waals surface area contributed by atoms with Crippen LogP contribution in [0, 0.1) is 11.6 Å². The van der Waals surface area contributed by atoms with Gasteiger partial charge >= 0.3 is 0 Å². The third kappa shape index (κ3) is 2.98. The van der Waals surface area contributed by atoms with E-state index < -0.39 is 0 Å². The van der Waals surface area contributed by atoms with Crippen LogP contribution in [0.1, 0.15) is 27.8 Å². The summed E-state index contributed by atoms with van der Waals surface area (Å²) in [6, 6.07) is 17.6. The highest BCUT2D eigenvalue weighted by Crippen LogP contribution is 2.37. The summed E-state index contributed by atoms with van der Waals surface area (Å²) in [6.07, 6.45) is 2.90. The number of hydrogen-bond acceptors (Lipinski definition) is 0. The molecule has 0 amide bonds. The minimum atomic E-state index is -0.247. The molecule has 0 radical (unpaired) electrons. The van der Waals surface area contributed by atoms with Crippen LogP contribution in [0.4, 0.5) is 8.78 Å². The lowest BCUT2D eigenvalue weighted by Crippen LogP contribution is -1.96. The van der Waals surface area contributed by atoms with Gasteiger partial charge < -0.3 is 0 Å². The topological polar surface area (TPSA) is 0 Å². The van der Waals surface area contributed by atoms with Gasteiger partial charge in [0, 0.05) is 5.02 Å². The van der Waals surface area contributed by atoms with Gasteiger partial charge in [-0.1, -0.05) is 48.0 Å². The van der Waals surface area contributed by atoms with E-state index in [1.807, 2.05) is 36.4 Å². The second-order valence-corrected chi connectivity index (χ2v) is 6.58. The van der Waals surface area contributed by atoms with E-state index in [0.717, 1.165) is 22.3 Å². The molecule has 0 fully saturated rings. The Bertz CT molecular complexity index is 934. The molecule has 0 aromatic heterocycles. The molecule has 0 unspecified atom stereocenters. The summed E-state index contributed by atoms with van der Waals surface area (Å²) in [5, 5.41) is 0.627. The van der Waals surface area contributed by atoms with E-state index in [2.05, 4.69) is 0 Å². The van der Waals surface area contributed by atoms with E-state index in [-0.39, 0.29) is 11.6 Å². The van der Waals surface area contributed by atoms with Crippen molar-refractivity contribution >= 4 is 23.3 Å².